The highest BCUT2D eigenvalue weighted by Gasteiger charge is 2.48. The first-order valence-electron chi connectivity index (χ1n) is 7.58. The normalized spacial score (nSPS) is 29.6. The largest absolute Gasteiger partial charge is 0.392 e. The molecule has 0 aromatic carbocycles. The van der Waals surface area contributed by atoms with Crippen LogP contribution in [0.25, 0.3) is 0 Å². The van der Waals surface area contributed by atoms with Gasteiger partial charge >= 0.3 is 0 Å². The number of hydrogen-bond donors (Lipinski definition) is 2. The zero-order valence-electron chi connectivity index (χ0n) is 12.1. The van der Waals surface area contributed by atoms with Crippen molar-refractivity contribution in [1.29, 1.82) is 0 Å². The van der Waals surface area contributed by atoms with E-state index >= 15 is 0 Å². The Hall–Kier alpha value is -0.640. The molecule has 1 amide bonds. The van der Waals surface area contributed by atoms with Crippen LogP contribution in [-0.4, -0.2) is 16.9 Å². The molecule has 0 aromatic heterocycles. The predicted octanol–water partition coefficient (Wildman–Crippen LogP) is 2.77. The van der Waals surface area contributed by atoms with Gasteiger partial charge in [0.25, 0.3) is 0 Å². The van der Waals surface area contributed by atoms with E-state index in [-0.39, 0.29) is 5.91 Å². The molecule has 0 heterocycles. The fourth-order valence-electron chi connectivity index (χ4n) is 3.56. The van der Waals surface area contributed by atoms with Crippen molar-refractivity contribution in [2.75, 3.05) is 0 Å². The van der Waals surface area contributed by atoms with Gasteiger partial charge in [-0.2, -0.15) is 0 Å². The van der Waals surface area contributed by atoms with Crippen molar-refractivity contribution in [2.24, 2.45) is 23.0 Å². The summed E-state index contributed by atoms with van der Waals surface area (Å²) in [7, 11) is 0. The van der Waals surface area contributed by atoms with Crippen LogP contribution in [0.1, 0.15) is 58.8 Å². The molecule has 0 aliphatic heterocycles. The Labute approximate surface area is 121 Å². The number of carbonyl (C=O) groups is 1. The average Bonchev–Trinajstić information content (AvgIpc) is 2.27. The van der Waals surface area contributed by atoms with Crippen LogP contribution < -0.4 is 11.1 Å². The highest BCUT2D eigenvalue weighted by Crippen LogP contribution is 2.42. The number of carbonyl (C=O) groups excluding carboxylic acids is 1. The maximum Gasteiger partial charge on any atom is 0.233 e. The molecule has 4 heteroatoms. The minimum absolute atomic E-state index is 0.0869. The summed E-state index contributed by atoms with van der Waals surface area (Å²) in [6.07, 6.45) is 7.54. The number of hydrogen-bond acceptors (Lipinski definition) is 2. The monoisotopic (exact) mass is 282 g/mol. The molecule has 0 radical (unpaired) electrons. The van der Waals surface area contributed by atoms with E-state index in [2.05, 4.69) is 19.2 Å². The highest BCUT2D eigenvalue weighted by molar-refractivity contribution is 7.80. The van der Waals surface area contributed by atoms with Crippen molar-refractivity contribution in [3.8, 4) is 0 Å². The van der Waals surface area contributed by atoms with Crippen LogP contribution >= 0.6 is 12.2 Å². The van der Waals surface area contributed by atoms with Crippen molar-refractivity contribution in [3.05, 3.63) is 0 Å². The van der Waals surface area contributed by atoms with Crippen LogP contribution in [0.15, 0.2) is 0 Å². The lowest BCUT2D eigenvalue weighted by Gasteiger charge is -2.42. The SMILES string of the molecule is CC(C)C1CCCCC1NC(=O)C1(C(N)=S)CCC1. The summed E-state index contributed by atoms with van der Waals surface area (Å²) >= 11 is 5.12. The Kier molecular flexibility index (Phi) is 4.49. The lowest BCUT2D eigenvalue weighted by molar-refractivity contribution is -0.132. The molecule has 108 valence electrons. The first kappa shape index (κ1) is 14.8. The number of nitrogens with one attached hydrogen (secondary N) is 1. The van der Waals surface area contributed by atoms with Gasteiger partial charge in [-0.3, -0.25) is 4.79 Å². The molecule has 2 atom stereocenters. The molecule has 0 bridgehead atoms. The first-order chi connectivity index (χ1) is 8.97. The predicted molar refractivity (Wildman–Crippen MR) is 81.8 cm³/mol. The van der Waals surface area contributed by atoms with E-state index in [1.807, 2.05) is 0 Å². The lowest BCUT2D eigenvalue weighted by atomic mass is 9.67. The molecule has 2 rings (SSSR count). The van der Waals surface area contributed by atoms with Crippen molar-refractivity contribution in [1.82, 2.24) is 5.32 Å². The Bertz CT molecular complexity index is 363. The molecule has 19 heavy (non-hydrogen) atoms. The second kappa shape index (κ2) is 5.78. The van der Waals surface area contributed by atoms with E-state index in [0.717, 1.165) is 25.7 Å². The van der Waals surface area contributed by atoms with Crippen LogP contribution in [0.3, 0.4) is 0 Å². The second-order valence-corrected chi connectivity index (χ2v) is 7.01. The Morgan fingerprint density at radius 1 is 1.26 bits per heavy atom. The number of rotatable bonds is 4. The summed E-state index contributed by atoms with van der Waals surface area (Å²) in [6, 6.07) is 0.313. The van der Waals surface area contributed by atoms with Gasteiger partial charge in [0, 0.05) is 6.04 Å². The van der Waals surface area contributed by atoms with Crippen LogP contribution in [0, 0.1) is 17.3 Å². The molecule has 2 aliphatic rings. The maximum atomic E-state index is 12.5. The summed E-state index contributed by atoms with van der Waals surface area (Å²) < 4.78 is 0. The first-order valence-corrected chi connectivity index (χ1v) is 7.99. The van der Waals surface area contributed by atoms with Crippen molar-refractivity contribution in [3.63, 3.8) is 0 Å². The van der Waals surface area contributed by atoms with Crippen LogP contribution in [0.4, 0.5) is 0 Å². The van der Waals surface area contributed by atoms with Crippen molar-refractivity contribution < 1.29 is 4.79 Å². The van der Waals surface area contributed by atoms with E-state index in [9.17, 15) is 4.79 Å². The number of amides is 1. The third kappa shape index (κ3) is 2.78. The number of nitrogens with two attached hydrogens (primary N) is 1. The molecule has 2 unspecified atom stereocenters. The Balaban J connectivity index is 2.02. The Morgan fingerprint density at radius 3 is 2.37 bits per heavy atom. The minimum Gasteiger partial charge on any atom is -0.392 e. The van der Waals surface area contributed by atoms with Gasteiger partial charge in [-0.05, 0) is 37.5 Å². The molecule has 2 fully saturated rings. The van der Waals surface area contributed by atoms with Gasteiger partial charge in [0.05, 0.1) is 10.4 Å². The van der Waals surface area contributed by atoms with E-state index in [1.165, 1.54) is 19.3 Å². The summed E-state index contributed by atoms with van der Waals surface area (Å²) in [6.45, 7) is 4.50. The molecular formula is C15H26N2OS. The van der Waals surface area contributed by atoms with Gasteiger partial charge in [0.15, 0.2) is 0 Å². The third-order valence-electron chi connectivity index (χ3n) is 5.11. The van der Waals surface area contributed by atoms with Crippen LogP contribution in [0.2, 0.25) is 0 Å². The van der Waals surface area contributed by atoms with E-state index in [0.29, 0.717) is 22.9 Å². The molecule has 2 saturated carbocycles. The van der Waals surface area contributed by atoms with Crippen LogP contribution in [-0.2, 0) is 4.79 Å². The topological polar surface area (TPSA) is 55.1 Å². The molecular weight excluding hydrogens is 256 g/mol. The quantitative estimate of drug-likeness (QED) is 0.780. The molecule has 2 aliphatic carbocycles. The summed E-state index contributed by atoms with van der Waals surface area (Å²) in [5, 5.41) is 3.27. The molecule has 3 N–H and O–H groups in total. The van der Waals surface area contributed by atoms with Gasteiger partial charge in [-0.25, -0.2) is 0 Å². The summed E-state index contributed by atoms with van der Waals surface area (Å²) in [4.78, 5) is 12.9. The summed E-state index contributed by atoms with van der Waals surface area (Å²) in [5.74, 6) is 1.30. The van der Waals surface area contributed by atoms with Crippen molar-refractivity contribution >= 4 is 23.1 Å². The molecule has 0 saturated heterocycles. The Morgan fingerprint density at radius 2 is 1.89 bits per heavy atom. The minimum atomic E-state index is -0.533. The van der Waals surface area contributed by atoms with E-state index < -0.39 is 5.41 Å². The smallest absolute Gasteiger partial charge is 0.233 e. The maximum absolute atomic E-state index is 12.5. The second-order valence-electron chi connectivity index (χ2n) is 6.57. The van der Waals surface area contributed by atoms with Crippen LogP contribution in [0.5, 0.6) is 0 Å². The zero-order chi connectivity index (χ0) is 14.0. The summed E-state index contributed by atoms with van der Waals surface area (Å²) in [5.41, 5.74) is 5.27. The van der Waals surface area contributed by atoms with E-state index in [4.69, 9.17) is 18.0 Å². The van der Waals surface area contributed by atoms with E-state index in [1.54, 1.807) is 0 Å². The lowest BCUT2D eigenvalue weighted by Crippen LogP contribution is -2.57. The fourth-order valence-corrected chi connectivity index (χ4v) is 3.86. The van der Waals surface area contributed by atoms with Gasteiger partial charge in [-0.15, -0.1) is 0 Å². The zero-order valence-corrected chi connectivity index (χ0v) is 12.9. The molecule has 0 spiro atoms. The highest BCUT2D eigenvalue weighted by atomic mass is 32.1. The van der Waals surface area contributed by atoms with Gasteiger partial charge < -0.3 is 11.1 Å². The third-order valence-corrected chi connectivity index (χ3v) is 5.50. The number of thiocarbonyl (C=S) groups is 1. The van der Waals surface area contributed by atoms with Gasteiger partial charge in [0.2, 0.25) is 5.91 Å². The van der Waals surface area contributed by atoms with Gasteiger partial charge in [0.1, 0.15) is 0 Å². The molecule has 3 nitrogen and oxygen atoms in total. The fraction of sp³-hybridized carbons (Fsp3) is 0.867. The standard InChI is InChI=1S/C15H26N2OS/c1-10(2)11-6-3-4-7-12(11)17-14(18)15(13(16)19)8-5-9-15/h10-12H,3-9H2,1-2H3,(H2,16,19)(H,17,18). The average molecular weight is 282 g/mol. The molecule has 0 aromatic rings. The van der Waals surface area contributed by atoms with Crippen molar-refractivity contribution in [2.45, 2.75) is 64.8 Å². The van der Waals surface area contributed by atoms with Gasteiger partial charge in [-0.1, -0.05) is 45.3 Å².